The second-order valence-electron chi connectivity index (χ2n) is 6.24. The van der Waals surface area contributed by atoms with Gasteiger partial charge in [-0.05, 0) is 55.8 Å². The highest BCUT2D eigenvalue weighted by Crippen LogP contribution is 2.54. The van der Waals surface area contributed by atoms with Gasteiger partial charge < -0.3 is 0 Å². The first-order valence-corrected chi connectivity index (χ1v) is 7.54. The van der Waals surface area contributed by atoms with E-state index in [1.165, 1.54) is 64.2 Å². The van der Waals surface area contributed by atoms with Crippen molar-refractivity contribution in [1.29, 1.82) is 0 Å². The first-order valence-electron chi connectivity index (χ1n) is 7.54. The van der Waals surface area contributed by atoms with Gasteiger partial charge in [0.05, 0.1) is 0 Å². The van der Waals surface area contributed by atoms with Crippen LogP contribution in [0.25, 0.3) is 0 Å². The van der Waals surface area contributed by atoms with Gasteiger partial charge in [0.2, 0.25) is 0 Å². The molecule has 2 atom stereocenters. The monoisotopic (exact) mass is 232 g/mol. The van der Waals surface area contributed by atoms with Gasteiger partial charge in [-0.15, -0.1) is 13.2 Å². The molecule has 0 nitrogen and oxygen atoms in total. The van der Waals surface area contributed by atoms with Crippen molar-refractivity contribution in [2.45, 2.75) is 64.2 Å². The molecule has 0 bridgehead atoms. The minimum Gasteiger partial charge on any atom is -0.103 e. The maximum absolute atomic E-state index is 4.01. The van der Waals surface area contributed by atoms with E-state index in [2.05, 4.69) is 25.3 Å². The lowest BCUT2D eigenvalue weighted by Gasteiger charge is -2.44. The van der Waals surface area contributed by atoms with Crippen LogP contribution in [0.3, 0.4) is 0 Å². The fourth-order valence-electron chi connectivity index (χ4n) is 4.60. The van der Waals surface area contributed by atoms with Crippen LogP contribution in [-0.4, -0.2) is 0 Å². The smallest absolute Gasteiger partial charge is 0.0232 e. The molecule has 0 aromatic carbocycles. The van der Waals surface area contributed by atoms with Crippen LogP contribution < -0.4 is 0 Å². The fraction of sp³-hybridized carbons (Fsp3) is 0.765. The number of hydrogen-bond donors (Lipinski definition) is 0. The number of allylic oxidation sites excluding steroid dienone is 2. The molecular formula is C17H28. The van der Waals surface area contributed by atoms with E-state index in [-0.39, 0.29) is 0 Å². The summed E-state index contributed by atoms with van der Waals surface area (Å²) in [4.78, 5) is 0. The molecule has 0 saturated heterocycles. The van der Waals surface area contributed by atoms with E-state index in [1.54, 1.807) is 0 Å². The molecule has 2 saturated carbocycles. The van der Waals surface area contributed by atoms with Crippen molar-refractivity contribution >= 4 is 0 Å². The molecular weight excluding hydrogens is 204 g/mol. The Balaban J connectivity index is 2.14. The Morgan fingerprint density at radius 1 is 0.941 bits per heavy atom. The molecule has 0 aliphatic heterocycles. The van der Waals surface area contributed by atoms with Crippen LogP contribution in [0.15, 0.2) is 25.3 Å². The van der Waals surface area contributed by atoms with Crippen LogP contribution in [0.5, 0.6) is 0 Å². The maximum atomic E-state index is 4.01. The van der Waals surface area contributed by atoms with Crippen LogP contribution in [-0.2, 0) is 0 Å². The molecule has 2 rings (SSSR count). The van der Waals surface area contributed by atoms with Crippen LogP contribution in [0.2, 0.25) is 0 Å². The van der Waals surface area contributed by atoms with Gasteiger partial charge >= 0.3 is 0 Å². The average molecular weight is 232 g/mol. The predicted molar refractivity (Wildman–Crippen MR) is 76.0 cm³/mol. The molecule has 0 amide bonds. The van der Waals surface area contributed by atoms with Gasteiger partial charge in [-0.2, -0.15) is 0 Å². The molecule has 96 valence electrons. The predicted octanol–water partition coefficient (Wildman–Crippen LogP) is 5.51. The second kappa shape index (κ2) is 5.89. The number of hydrogen-bond acceptors (Lipinski definition) is 0. The average Bonchev–Trinajstić information content (AvgIpc) is 2.80. The normalized spacial score (nSPS) is 32.2. The molecule has 0 aromatic heterocycles. The highest BCUT2D eigenvalue weighted by atomic mass is 14.5. The molecule has 2 aliphatic carbocycles. The highest BCUT2D eigenvalue weighted by Gasteiger charge is 2.43. The summed E-state index contributed by atoms with van der Waals surface area (Å²) in [5.74, 6) is 1.87. The summed E-state index contributed by atoms with van der Waals surface area (Å²) in [5, 5.41) is 0. The van der Waals surface area contributed by atoms with Crippen LogP contribution in [0.4, 0.5) is 0 Å². The van der Waals surface area contributed by atoms with E-state index >= 15 is 0 Å². The Labute approximate surface area is 107 Å². The maximum Gasteiger partial charge on any atom is -0.0232 e. The van der Waals surface area contributed by atoms with Gasteiger partial charge in [-0.1, -0.05) is 37.8 Å². The van der Waals surface area contributed by atoms with E-state index in [4.69, 9.17) is 0 Å². The Morgan fingerprint density at radius 2 is 1.65 bits per heavy atom. The van der Waals surface area contributed by atoms with E-state index < -0.39 is 0 Å². The molecule has 2 fully saturated rings. The van der Waals surface area contributed by atoms with Crippen molar-refractivity contribution < 1.29 is 0 Å². The Hall–Kier alpha value is -0.520. The van der Waals surface area contributed by atoms with Crippen molar-refractivity contribution in [3.8, 4) is 0 Å². The van der Waals surface area contributed by atoms with Gasteiger partial charge in [-0.3, -0.25) is 0 Å². The Bertz CT molecular complexity index is 257. The third-order valence-electron chi connectivity index (χ3n) is 5.32. The van der Waals surface area contributed by atoms with Gasteiger partial charge in [0.15, 0.2) is 0 Å². The van der Waals surface area contributed by atoms with Crippen molar-refractivity contribution in [2.24, 2.45) is 17.3 Å². The molecule has 0 N–H and O–H groups in total. The molecule has 0 aromatic rings. The Morgan fingerprint density at radius 3 is 2.29 bits per heavy atom. The summed E-state index contributed by atoms with van der Waals surface area (Å²) in [7, 11) is 0. The van der Waals surface area contributed by atoms with Crippen LogP contribution >= 0.6 is 0 Å². The fourth-order valence-corrected chi connectivity index (χ4v) is 4.60. The third kappa shape index (κ3) is 2.67. The lowest BCUT2D eigenvalue weighted by atomic mass is 9.61. The Kier molecular flexibility index (Phi) is 4.48. The molecule has 2 aliphatic rings. The highest BCUT2D eigenvalue weighted by molar-refractivity contribution is 4.99. The van der Waals surface area contributed by atoms with Gasteiger partial charge in [0.1, 0.15) is 0 Å². The van der Waals surface area contributed by atoms with E-state index in [0.29, 0.717) is 5.41 Å². The SMILES string of the molecule is C=CCC1CCCCC1C1(CC=C)CCCC1. The van der Waals surface area contributed by atoms with Gasteiger partial charge in [0, 0.05) is 0 Å². The first-order chi connectivity index (χ1) is 8.32. The molecule has 0 heterocycles. The zero-order chi connectivity index (χ0) is 12.1. The summed E-state index contributed by atoms with van der Waals surface area (Å²) >= 11 is 0. The molecule has 0 spiro atoms. The molecule has 2 unspecified atom stereocenters. The number of rotatable bonds is 5. The van der Waals surface area contributed by atoms with Crippen molar-refractivity contribution in [2.75, 3.05) is 0 Å². The second-order valence-corrected chi connectivity index (χ2v) is 6.24. The summed E-state index contributed by atoms with van der Waals surface area (Å²) < 4.78 is 0. The van der Waals surface area contributed by atoms with Gasteiger partial charge in [0.25, 0.3) is 0 Å². The lowest BCUT2D eigenvalue weighted by molar-refractivity contribution is 0.0688. The minimum atomic E-state index is 0.621. The molecule has 0 heteroatoms. The zero-order valence-corrected chi connectivity index (χ0v) is 11.3. The molecule has 17 heavy (non-hydrogen) atoms. The topological polar surface area (TPSA) is 0 Å². The zero-order valence-electron chi connectivity index (χ0n) is 11.3. The third-order valence-corrected chi connectivity index (χ3v) is 5.32. The van der Waals surface area contributed by atoms with Crippen molar-refractivity contribution in [3.63, 3.8) is 0 Å². The molecule has 0 radical (unpaired) electrons. The first kappa shape index (κ1) is 12.9. The van der Waals surface area contributed by atoms with Crippen molar-refractivity contribution in [1.82, 2.24) is 0 Å². The van der Waals surface area contributed by atoms with Gasteiger partial charge in [-0.25, -0.2) is 0 Å². The standard InChI is InChI=1S/C17H28/c1-3-9-15-10-5-6-11-16(15)17(12-4-2)13-7-8-14-17/h3-4,15-16H,1-2,5-14H2. The van der Waals surface area contributed by atoms with E-state index in [0.717, 1.165) is 11.8 Å². The summed E-state index contributed by atoms with van der Waals surface area (Å²) in [6.07, 6.45) is 18.4. The summed E-state index contributed by atoms with van der Waals surface area (Å²) in [5.41, 5.74) is 0.621. The summed E-state index contributed by atoms with van der Waals surface area (Å²) in [6.45, 7) is 7.98. The van der Waals surface area contributed by atoms with E-state index in [1.807, 2.05) is 0 Å². The quantitative estimate of drug-likeness (QED) is 0.549. The van der Waals surface area contributed by atoms with Crippen LogP contribution in [0.1, 0.15) is 64.2 Å². The lowest BCUT2D eigenvalue weighted by Crippen LogP contribution is -2.35. The van der Waals surface area contributed by atoms with Crippen molar-refractivity contribution in [3.05, 3.63) is 25.3 Å². The summed E-state index contributed by atoms with van der Waals surface area (Å²) in [6, 6.07) is 0. The van der Waals surface area contributed by atoms with E-state index in [9.17, 15) is 0 Å². The van der Waals surface area contributed by atoms with Crippen LogP contribution in [0, 0.1) is 17.3 Å². The minimum absolute atomic E-state index is 0.621. The largest absolute Gasteiger partial charge is 0.103 e.